The fourth-order valence-corrected chi connectivity index (χ4v) is 7.51. The van der Waals surface area contributed by atoms with Crippen LogP contribution in [0.2, 0.25) is 0 Å². The number of tetrazole rings is 1. The second-order valence-electron chi connectivity index (χ2n) is 14.8. The number of hydrogen-bond donors (Lipinski definition) is 4. The van der Waals surface area contributed by atoms with Gasteiger partial charge >= 0.3 is 0 Å². The summed E-state index contributed by atoms with van der Waals surface area (Å²) in [5.74, 6) is -0.0472. The minimum absolute atomic E-state index is 0.0643. The Morgan fingerprint density at radius 3 is 2.20 bits per heavy atom. The number of amides is 3. The lowest BCUT2D eigenvalue weighted by Crippen LogP contribution is -2.59. The fourth-order valence-electron chi connectivity index (χ4n) is 6.65. The molecular formula is C39H63N9O5S. The van der Waals surface area contributed by atoms with Crippen molar-refractivity contribution in [2.45, 2.75) is 124 Å². The van der Waals surface area contributed by atoms with Crippen LogP contribution in [0.25, 0.3) is 0 Å². The molecule has 2 heterocycles. The summed E-state index contributed by atoms with van der Waals surface area (Å²) in [5.41, 5.74) is 1.10. The van der Waals surface area contributed by atoms with Crippen LogP contribution in [0.3, 0.4) is 0 Å². The highest BCUT2D eigenvalue weighted by Crippen LogP contribution is 2.32. The zero-order chi connectivity index (χ0) is 39.9. The van der Waals surface area contributed by atoms with E-state index in [1.54, 1.807) is 29.6 Å². The van der Waals surface area contributed by atoms with E-state index >= 15 is 0 Å². The molecule has 7 atom stereocenters. The summed E-state index contributed by atoms with van der Waals surface area (Å²) in [5, 5.41) is 32.6. The molecule has 1 aromatic carbocycles. The predicted octanol–water partition coefficient (Wildman–Crippen LogP) is 5.70. The zero-order valence-corrected chi connectivity index (χ0v) is 34.7. The zero-order valence-electron chi connectivity index (χ0n) is 33.8. The third-order valence-corrected chi connectivity index (χ3v) is 11.0. The number of rotatable bonds is 23. The van der Waals surface area contributed by atoms with E-state index in [9.17, 15) is 19.5 Å². The molecule has 15 heteroatoms. The summed E-state index contributed by atoms with van der Waals surface area (Å²) in [4.78, 5) is 50.7. The maximum Gasteiger partial charge on any atom is 0.271 e. The molecule has 0 spiro atoms. The molecule has 3 rings (SSSR count). The number of aromatic nitrogens is 5. The third-order valence-electron chi connectivity index (χ3n) is 10.1. The summed E-state index contributed by atoms with van der Waals surface area (Å²) in [6.45, 7) is 17.5. The van der Waals surface area contributed by atoms with Crippen molar-refractivity contribution in [3.63, 3.8) is 0 Å². The first kappa shape index (κ1) is 44.4. The molecule has 0 radical (unpaired) electrons. The van der Waals surface area contributed by atoms with Gasteiger partial charge in [0.25, 0.3) is 5.91 Å². The largest absolute Gasteiger partial charge is 0.508 e. The van der Waals surface area contributed by atoms with Crippen molar-refractivity contribution >= 4 is 29.1 Å². The molecule has 300 valence electrons. The van der Waals surface area contributed by atoms with Gasteiger partial charge in [0.15, 0.2) is 5.82 Å². The van der Waals surface area contributed by atoms with Crippen LogP contribution in [-0.2, 0) is 20.7 Å². The number of H-pyrrole nitrogens is 1. The third kappa shape index (κ3) is 12.3. The van der Waals surface area contributed by atoms with Gasteiger partial charge in [0, 0.05) is 37.4 Å². The van der Waals surface area contributed by atoms with E-state index in [4.69, 9.17) is 9.72 Å². The topological polar surface area (TPSA) is 179 Å². The van der Waals surface area contributed by atoms with Crippen LogP contribution in [0, 0.1) is 17.8 Å². The number of benzene rings is 1. The maximum atomic E-state index is 14.7. The number of aromatic hydroxyl groups is 1. The Kier molecular flexibility index (Phi) is 18.0. The quantitative estimate of drug-likeness (QED) is 0.0935. The Morgan fingerprint density at radius 2 is 1.65 bits per heavy atom. The van der Waals surface area contributed by atoms with Crippen molar-refractivity contribution in [3.05, 3.63) is 51.7 Å². The van der Waals surface area contributed by atoms with Crippen LogP contribution in [0.5, 0.6) is 5.75 Å². The standard InChI is InChI=1S/C39H63N9O5S/c1-11-19-48(39(52)33(25(7)13-3)42-37(51)34(47(9)10)26(8)14-4)31(24(5)6)22-32(53-20-12-2)38-41-30(23-54-38)36(50)40-29(35-43-45-46-44-35)21-27-15-17-28(49)18-16-27/h15-18,23-26,29,31-34,49H,11-14,19-22H2,1-10H3,(H,40,50)(H,42,51)(H,43,44,45,46)/t25-,26-,29-,31+,32+,33-,34+/m0/s1. The normalized spacial score (nSPS) is 15.6. The van der Waals surface area contributed by atoms with Gasteiger partial charge in [-0.25, -0.2) is 4.98 Å². The van der Waals surface area contributed by atoms with Crippen molar-refractivity contribution in [2.75, 3.05) is 27.2 Å². The number of ether oxygens (including phenoxy) is 1. The number of phenols is 1. The van der Waals surface area contributed by atoms with Gasteiger partial charge in [-0.1, -0.05) is 85.6 Å². The molecule has 0 saturated carbocycles. The fraction of sp³-hybridized carbons (Fsp3) is 0.667. The maximum absolute atomic E-state index is 14.7. The smallest absolute Gasteiger partial charge is 0.271 e. The first-order valence-corrected chi connectivity index (χ1v) is 20.3. The van der Waals surface area contributed by atoms with Gasteiger partial charge in [0.2, 0.25) is 11.8 Å². The summed E-state index contributed by atoms with van der Waals surface area (Å²) < 4.78 is 6.43. The number of likely N-dealkylation sites (N-methyl/N-ethyl adjacent to an activating group) is 1. The number of aromatic amines is 1. The minimum atomic E-state index is -0.680. The van der Waals surface area contributed by atoms with Crippen LogP contribution < -0.4 is 10.6 Å². The molecule has 0 aliphatic rings. The first-order valence-electron chi connectivity index (χ1n) is 19.4. The van der Waals surface area contributed by atoms with E-state index in [-0.39, 0.29) is 53.1 Å². The van der Waals surface area contributed by atoms with E-state index < -0.39 is 24.1 Å². The Hall–Kier alpha value is -3.95. The van der Waals surface area contributed by atoms with E-state index in [0.29, 0.717) is 36.8 Å². The number of thiazole rings is 1. The van der Waals surface area contributed by atoms with Crippen LogP contribution >= 0.6 is 11.3 Å². The lowest BCUT2D eigenvalue weighted by atomic mass is 9.91. The molecule has 0 saturated heterocycles. The van der Waals surface area contributed by atoms with E-state index in [1.165, 1.54) is 11.3 Å². The number of carbonyl (C=O) groups is 3. The molecule has 3 amide bonds. The van der Waals surface area contributed by atoms with E-state index in [2.05, 4.69) is 65.9 Å². The van der Waals surface area contributed by atoms with Gasteiger partial charge in [-0.05, 0) is 62.4 Å². The first-order chi connectivity index (χ1) is 25.8. The molecule has 3 aromatic rings. The number of nitrogens with zero attached hydrogens (tertiary/aromatic N) is 6. The average molecular weight is 770 g/mol. The summed E-state index contributed by atoms with van der Waals surface area (Å²) in [7, 11) is 3.81. The van der Waals surface area contributed by atoms with Crippen molar-refractivity contribution in [1.29, 1.82) is 0 Å². The van der Waals surface area contributed by atoms with Gasteiger partial charge in [-0.3, -0.25) is 19.3 Å². The summed E-state index contributed by atoms with van der Waals surface area (Å²) >= 11 is 1.35. The SMILES string of the molecule is CCCO[C@H](C[C@H](C(C)C)N(CCC)C(=O)[C@@H](NC(=O)[C@@H]([C@@H](C)CC)N(C)C)[C@@H](C)CC)c1nc(C(=O)N[C@@H](Cc2ccc(O)cc2)c2nn[nH]n2)cs1. The van der Waals surface area contributed by atoms with Crippen molar-refractivity contribution < 1.29 is 24.2 Å². The highest BCUT2D eigenvalue weighted by Gasteiger charge is 2.38. The molecule has 2 aromatic heterocycles. The minimum Gasteiger partial charge on any atom is -0.508 e. The second-order valence-corrected chi connectivity index (χ2v) is 15.7. The molecule has 0 aliphatic carbocycles. The van der Waals surface area contributed by atoms with Gasteiger partial charge in [-0.2, -0.15) is 5.21 Å². The van der Waals surface area contributed by atoms with Gasteiger partial charge in [-0.15, -0.1) is 21.5 Å². The van der Waals surface area contributed by atoms with Gasteiger partial charge in [0.05, 0.1) is 12.1 Å². The van der Waals surface area contributed by atoms with Crippen LogP contribution in [0.15, 0.2) is 29.6 Å². The number of hydrogen-bond acceptors (Lipinski definition) is 11. The molecular weight excluding hydrogens is 707 g/mol. The number of carbonyl (C=O) groups excluding carboxylic acids is 3. The van der Waals surface area contributed by atoms with Crippen molar-refractivity contribution in [3.8, 4) is 5.75 Å². The summed E-state index contributed by atoms with van der Waals surface area (Å²) in [6, 6.07) is 4.86. The Labute approximate surface area is 325 Å². The average Bonchev–Trinajstić information content (AvgIpc) is 3.87. The number of phenolic OH excluding ortho intramolecular Hbond substituents is 1. The van der Waals surface area contributed by atoms with Crippen molar-refractivity contribution in [2.24, 2.45) is 17.8 Å². The van der Waals surface area contributed by atoms with Crippen molar-refractivity contribution in [1.82, 2.24) is 46.0 Å². The lowest BCUT2D eigenvalue weighted by molar-refractivity contribution is -0.143. The van der Waals surface area contributed by atoms with Crippen LogP contribution in [0.4, 0.5) is 0 Å². The molecule has 14 nitrogen and oxygen atoms in total. The predicted molar refractivity (Wildman–Crippen MR) is 211 cm³/mol. The van der Waals surface area contributed by atoms with Crippen LogP contribution in [0.1, 0.15) is 127 Å². The molecule has 54 heavy (non-hydrogen) atoms. The summed E-state index contributed by atoms with van der Waals surface area (Å²) in [6.07, 6.45) is 3.47. The van der Waals surface area contributed by atoms with Gasteiger partial charge in [0.1, 0.15) is 28.6 Å². The van der Waals surface area contributed by atoms with Crippen LogP contribution in [-0.4, -0.2) is 104 Å². The Balaban J connectivity index is 1.89. The monoisotopic (exact) mass is 769 g/mol. The van der Waals surface area contributed by atoms with Gasteiger partial charge < -0.3 is 25.4 Å². The van der Waals surface area contributed by atoms with E-state index in [1.807, 2.05) is 44.7 Å². The number of nitrogens with one attached hydrogen (secondary N) is 3. The molecule has 0 unspecified atom stereocenters. The molecule has 4 N–H and O–H groups in total. The lowest BCUT2D eigenvalue weighted by Gasteiger charge is -2.40. The molecule has 0 bridgehead atoms. The molecule has 0 aliphatic heterocycles. The highest BCUT2D eigenvalue weighted by molar-refractivity contribution is 7.09. The highest BCUT2D eigenvalue weighted by atomic mass is 32.1. The molecule has 0 fully saturated rings. The Morgan fingerprint density at radius 1 is 0.963 bits per heavy atom. The second kappa shape index (κ2) is 21.8. The van der Waals surface area contributed by atoms with E-state index in [0.717, 1.165) is 31.2 Å². The Bertz CT molecular complexity index is 1570.